The monoisotopic (exact) mass is 326 g/mol. The molecule has 4 nitrogen and oxygen atoms in total. The molecule has 0 N–H and O–H groups in total. The number of hydrogen-bond donors (Lipinski definition) is 0. The first-order valence-electron chi connectivity index (χ1n) is 7.62. The average molecular weight is 326 g/mol. The summed E-state index contributed by atoms with van der Waals surface area (Å²) in [6.07, 6.45) is 3.58. The maximum atomic E-state index is 12.4. The Kier molecular flexibility index (Phi) is 4.94. The molecule has 1 aromatic heterocycles. The van der Waals surface area contributed by atoms with Crippen LogP contribution in [0.15, 0.2) is 35.8 Å². The van der Waals surface area contributed by atoms with E-state index in [2.05, 4.69) is 16.8 Å². The summed E-state index contributed by atoms with van der Waals surface area (Å²) in [5.41, 5.74) is 1.94. The van der Waals surface area contributed by atoms with Crippen LogP contribution in [0.25, 0.3) is 0 Å². The molecular weight excluding hydrogens is 308 g/mol. The van der Waals surface area contributed by atoms with Crippen LogP contribution >= 0.6 is 11.3 Å². The van der Waals surface area contributed by atoms with Gasteiger partial charge < -0.3 is 9.64 Å². The van der Waals surface area contributed by atoms with Crippen molar-refractivity contribution in [3.05, 3.63) is 47.0 Å². The molecule has 0 aliphatic carbocycles. The van der Waals surface area contributed by atoms with Crippen LogP contribution in [-0.4, -0.2) is 23.5 Å². The molecule has 0 spiro atoms. The molecule has 0 amide bonds. The number of ether oxygens (including phenoxy) is 1. The zero-order valence-corrected chi connectivity index (χ0v) is 13.8. The van der Waals surface area contributed by atoms with E-state index in [0.29, 0.717) is 6.61 Å². The van der Waals surface area contributed by atoms with Gasteiger partial charge in [-0.1, -0.05) is 18.1 Å². The number of carbonyl (C=O) groups excluding carboxylic acids is 1. The largest absolute Gasteiger partial charge is 0.459 e. The van der Waals surface area contributed by atoms with Gasteiger partial charge in [0, 0.05) is 23.7 Å². The molecule has 5 heteroatoms. The number of hydrogen-bond acceptors (Lipinski definition) is 5. The molecule has 1 saturated heterocycles. The zero-order chi connectivity index (χ0) is 16.1. The standard InChI is InChI=1S/C18H18N2O2S/c1-2-4-14-6-8-15(9-7-14)13-22-17(21)16-5-3-11-20(16)18-19-10-12-23-18/h6-10,12,16H,3,5,11,13H2,1H3/t16-/m0/s1. The zero-order valence-electron chi connectivity index (χ0n) is 13.0. The molecule has 1 fully saturated rings. The van der Waals surface area contributed by atoms with E-state index in [1.807, 2.05) is 41.5 Å². The lowest BCUT2D eigenvalue weighted by Gasteiger charge is -2.22. The summed E-state index contributed by atoms with van der Waals surface area (Å²) in [6.45, 7) is 2.96. The number of carbonyl (C=O) groups is 1. The minimum atomic E-state index is -0.216. The van der Waals surface area contributed by atoms with Crippen LogP contribution in [0, 0.1) is 11.8 Å². The van der Waals surface area contributed by atoms with Crippen molar-refractivity contribution in [2.24, 2.45) is 0 Å². The first-order chi connectivity index (χ1) is 11.3. The smallest absolute Gasteiger partial charge is 0.329 e. The third-order valence-corrected chi connectivity index (χ3v) is 4.60. The highest BCUT2D eigenvalue weighted by molar-refractivity contribution is 7.13. The first-order valence-corrected chi connectivity index (χ1v) is 8.50. The maximum Gasteiger partial charge on any atom is 0.329 e. The molecule has 0 radical (unpaired) electrons. The first kappa shape index (κ1) is 15.6. The van der Waals surface area contributed by atoms with Crippen LogP contribution in [0.5, 0.6) is 0 Å². The number of esters is 1. The molecule has 1 aliphatic heterocycles. The Morgan fingerprint density at radius 3 is 2.96 bits per heavy atom. The Hall–Kier alpha value is -2.32. The summed E-state index contributed by atoms with van der Waals surface area (Å²) in [4.78, 5) is 18.7. The number of rotatable bonds is 4. The van der Waals surface area contributed by atoms with Crippen LogP contribution in [0.1, 0.15) is 30.9 Å². The van der Waals surface area contributed by atoms with Gasteiger partial charge >= 0.3 is 5.97 Å². The van der Waals surface area contributed by atoms with Crippen molar-refractivity contribution in [3.63, 3.8) is 0 Å². The summed E-state index contributed by atoms with van der Waals surface area (Å²) in [7, 11) is 0. The Morgan fingerprint density at radius 1 is 1.43 bits per heavy atom. The van der Waals surface area contributed by atoms with E-state index >= 15 is 0 Å². The third-order valence-electron chi connectivity index (χ3n) is 3.79. The topological polar surface area (TPSA) is 42.4 Å². The van der Waals surface area contributed by atoms with Crippen molar-refractivity contribution in [1.29, 1.82) is 0 Å². The van der Waals surface area contributed by atoms with E-state index in [9.17, 15) is 4.79 Å². The van der Waals surface area contributed by atoms with Crippen LogP contribution in [0.2, 0.25) is 0 Å². The van der Waals surface area contributed by atoms with Gasteiger partial charge in [-0.05, 0) is 37.5 Å². The lowest BCUT2D eigenvalue weighted by Crippen LogP contribution is -2.37. The van der Waals surface area contributed by atoms with E-state index < -0.39 is 0 Å². The van der Waals surface area contributed by atoms with Crippen molar-refractivity contribution in [2.45, 2.75) is 32.4 Å². The SMILES string of the molecule is CC#Cc1ccc(COC(=O)[C@@H]2CCCN2c2nccs2)cc1. The lowest BCUT2D eigenvalue weighted by molar-refractivity contribution is -0.146. The van der Waals surface area contributed by atoms with Crippen molar-refractivity contribution >= 4 is 22.4 Å². The van der Waals surface area contributed by atoms with E-state index in [4.69, 9.17) is 4.74 Å². The van der Waals surface area contributed by atoms with Crippen LogP contribution in [-0.2, 0) is 16.1 Å². The van der Waals surface area contributed by atoms with Gasteiger partial charge in [-0.3, -0.25) is 0 Å². The van der Waals surface area contributed by atoms with Crippen molar-refractivity contribution in [1.82, 2.24) is 4.98 Å². The number of benzene rings is 1. The molecule has 2 heterocycles. The predicted octanol–water partition coefficient (Wildman–Crippen LogP) is 3.23. The van der Waals surface area contributed by atoms with Gasteiger partial charge in [0.05, 0.1) is 0 Å². The quantitative estimate of drug-likeness (QED) is 0.639. The molecule has 0 saturated carbocycles. The van der Waals surface area contributed by atoms with E-state index in [1.165, 1.54) is 0 Å². The van der Waals surface area contributed by atoms with Crippen molar-refractivity contribution in [3.8, 4) is 11.8 Å². The molecule has 118 valence electrons. The van der Waals surface area contributed by atoms with Gasteiger partial charge in [0.15, 0.2) is 5.13 Å². The Labute approximate surface area is 140 Å². The fraction of sp³-hybridized carbons (Fsp3) is 0.333. The molecule has 23 heavy (non-hydrogen) atoms. The number of thiazole rings is 1. The Balaban J connectivity index is 1.59. The predicted molar refractivity (Wildman–Crippen MR) is 91.3 cm³/mol. The molecule has 3 rings (SSSR count). The average Bonchev–Trinajstić information content (AvgIpc) is 3.25. The van der Waals surface area contributed by atoms with Gasteiger partial charge in [0.25, 0.3) is 0 Å². The highest BCUT2D eigenvalue weighted by Crippen LogP contribution is 2.28. The van der Waals surface area contributed by atoms with Gasteiger partial charge in [-0.2, -0.15) is 0 Å². The second-order valence-corrected chi connectivity index (χ2v) is 6.22. The summed E-state index contributed by atoms with van der Waals surface area (Å²) in [5.74, 6) is 5.69. The van der Waals surface area contributed by atoms with E-state index in [0.717, 1.165) is 35.6 Å². The molecule has 0 unspecified atom stereocenters. The summed E-state index contributed by atoms with van der Waals surface area (Å²) >= 11 is 1.56. The van der Waals surface area contributed by atoms with Gasteiger partial charge in [-0.15, -0.1) is 17.3 Å². The fourth-order valence-electron chi connectivity index (χ4n) is 2.68. The molecule has 1 atom stereocenters. The maximum absolute atomic E-state index is 12.4. The summed E-state index contributed by atoms with van der Waals surface area (Å²) in [5, 5.41) is 2.82. The van der Waals surface area contributed by atoms with Crippen molar-refractivity contribution in [2.75, 3.05) is 11.4 Å². The number of aromatic nitrogens is 1. The minimum absolute atomic E-state index is 0.171. The molecular formula is C18H18N2O2S. The van der Waals surface area contributed by atoms with Crippen LogP contribution in [0.3, 0.4) is 0 Å². The molecule has 2 aromatic rings. The number of nitrogens with zero attached hydrogens (tertiary/aromatic N) is 2. The lowest BCUT2D eigenvalue weighted by atomic mass is 10.1. The Morgan fingerprint density at radius 2 is 2.26 bits per heavy atom. The van der Waals surface area contributed by atoms with Gasteiger partial charge in [0.2, 0.25) is 0 Å². The van der Waals surface area contributed by atoms with Gasteiger partial charge in [0.1, 0.15) is 12.6 Å². The molecule has 1 aliphatic rings. The summed E-state index contributed by atoms with van der Waals surface area (Å²) < 4.78 is 5.50. The van der Waals surface area contributed by atoms with Crippen molar-refractivity contribution < 1.29 is 9.53 Å². The fourth-order valence-corrected chi connectivity index (χ4v) is 3.40. The number of anilines is 1. The van der Waals surface area contributed by atoms with Crippen LogP contribution in [0.4, 0.5) is 5.13 Å². The second kappa shape index (κ2) is 7.30. The highest BCUT2D eigenvalue weighted by atomic mass is 32.1. The highest BCUT2D eigenvalue weighted by Gasteiger charge is 2.33. The normalized spacial score (nSPS) is 16.7. The van der Waals surface area contributed by atoms with E-state index in [-0.39, 0.29) is 12.0 Å². The van der Waals surface area contributed by atoms with Crippen LogP contribution < -0.4 is 4.90 Å². The van der Waals surface area contributed by atoms with E-state index in [1.54, 1.807) is 17.5 Å². The second-order valence-electron chi connectivity index (χ2n) is 5.35. The molecule has 1 aromatic carbocycles. The summed E-state index contributed by atoms with van der Waals surface area (Å²) in [6, 6.07) is 7.56. The third kappa shape index (κ3) is 3.72. The van der Waals surface area contributed by atoms with Gasteiger partial charge in [-0.25, -0.2) is 9.78 Å². The molecule has 0 bridgehead atoms. The Bertz CT molecular complexity index is 714. The minimum Gasteiger partial charge on any atom is -0.459 e.